The third-order valence-electron chi connectivity index (χ3n) is 10.1. The highest BCUT2D eigenvalue weighted by Crippen LogP contribution is 2.70. The predicted octanol–water partition coefficient (Wildman–Crippen LogP) is 2.79. The number of nitrogens with zero attached hydrogens (tertiary/aromatic N) is 1. The molecule has 4 saturated carbocycles. The first-order chi connectivity index (χ1) is 15.1. The average molecular weight is 444 g/mol. The molecule has 1 heterocycles. The number of hydrogen-bond acceptors (Lipinski definition) is 7. The average Bonchev–Trinajstić information content (AvgIpc) is 3.27. The summed E-state index contributed by atoms with van der Waals surface area (Å²) in [7, 11) is 0. The number of ether oxygens (including phenoxy) is 2. The summed E-state index contributed by atoms with van der Waals surface area (Å²) in [6.07, 6.45) is 7.86. The molecule has 32 heavy (non-hydrogen) atoms. The molecular formula is C25H33NO6. The molecule has 5 aliphatic rings. The SMILES string of the molecule is CC(=O)O[C@H]1CC[C@]2(C#N)[C@H]3CC[C@]4(C)[C@H]([C@@H]5C=CC(=O)O5)CC[C@]4(O)[C@@H]3CC[C@]2(O)C1. The Balaban J connectivity index is 1.45. The minimum atomic E-state index is -1.22. The zero-order chi connectivity index (χ0) is 22.9. The van der Waals surface area contributed by atoms with Crippen LogP contribution in [0.15, 0.2) is 12.2 Å². The highest BCUT2D eigenvalue weighted by molar-refractivity contribution is 5.84. The number of carbonyl (C=O) groups excluding carboxylic acids is 2. The minimum Gasteiger partial charge on any atom is -0.462 e. The van der Waals surface area contributed by atoms with Crippen molar-refractivity contribution < 1.29 is 29.3 Å². The molecule has 0 radical (unpaired) electrons. The van der Waals surface area contributed by atoms with Gasteiger partial charge >= 0.3 is 11.9 Å². The van der Waals surface area contributed by atoms with E-state index in [0.717, 1.165) is 19.3 Å². The molecule has 0 aromatic rings. The van der Waals surface area contributed by atoms with Crippen LogP contribution in [0.1, 0.15) is 71.6 Å². The van der Waals surface area contributed by atoms with Crippen LogP contribution in [0, 0.1) is 39.9 Å². The van der Waals surface area contributed by atoms with Crippen molar-refractivity contribution in [2.24, 2.45) is 28.6 Å². The molecule has 0 unspecified atom stereocenters. The number of hydrogen-bond donors (Lipinski definition) is 2. The van der Waals surface area contributed by atoms with E-state index in [2.05, 4.69) is 13.0 Å². The van der Waals surface area contributed by atoms with Crippen LogP contribution < -0.4 is 0 Å². The first-order valence-electron chi connectivity index (χ1n) is 12.0. The van der Waals surface area contributed by atoms with Crippen LogP contribution in [0.5, 0.6) is 0 Å². The lowest BCUT2D eigenvalue weighted by Gasteiger charge is -2.64. The van der Waals surface area contributed by atoms with Gasteiger partial charge in [-0.1, -0.05) is 6.92 Å². The van der Waals surface area contributed by atoms with Crippen molar-refractivity contribution in [3.63, 3.8) is 0 Å². The van der Waals surface area contributed by atoms with E-state index in [4.69, 9.17) is 9.47 Å². The van der Waals surface area contributed by atoms with Crippen molar-refractivity contribution in [1.29, 1.82) is 5.26 Å². The Kier molecular flexibility index (Phi) is 4.82. The number of aliphatic hydroxyl groups is 2. The molecule has 4 fully saturated rings. The number of cyclic esters (lactones) is 1. The first-order valence-corrected chi connectivity index (χ1v) is 12.0. The van der Waals surface area contributed by atoms with Crippen molar-refractivity contribution in [3.05, 3.63) is 12.2 Å². The summed E-state index contributed by atoms with van der Waals surface area (Å²) in [5.41, 5.74) is -3.52. The van der Waals surface area contributed by atoms with Crippen LogP contribution in [0.3, 0.4) is 0 Å². The molecule has 7 nitrogen and oxygen atoms in total. The second kappa shape index (κ2) is 7.04. The Morgan fingerprint density at radius 1 is 1.12 bits per heavy atom. The van der Waals surface area contributed by atoms with Gasteiger partial charge in [0, 0.05) is 30.8 Å². The second-order valence-corrected chi connectivity index (χ2v) is 11.1. The van der Waals surface area contributed by atoms with E-state index in [1.807, 2.05) is 6.08 Å². The lowest BCUT2D eigenvalue weighted by Crippen LogP contribution is -2.68. The maximum absolute atomic E-state index is 12.2. The van der Waals surface area contributed by atoms with Gasteiger partial charge < -0.3 is 19.7 Å². The highest BCUT2D eigenvalue weighted by atomic mass is 16.5. The standard InChI is InChI=1S/C25H33NO6/c1-15(27)31-16-5-10-23(14-26)17-6-9-22(2)19(20-3-4-21(28)32-20)8-12-25(22,30)18(17)7-11-24(23,29)13-16/h3-4,16-20,29-30H,5-13H2,1-2H3/t16-,17-,18+,19-,20-,22+,23-,24-,25-/m0/s1. The highest BCUT2D eigenvalue weighted by Gasteiger charge is 2.72. The Hall–Kier alpha value is -1.91. The molecule has 0 aromatic carbocycles. The second-order valence-electron chi connectivity index (χ2n) is 11.1. The van der Waals surface area contributed by atoms with Crippen LogP contribution in [-0.2, 0) is 19.1 Å². The molecule has 1 aliphatic heterocycles. The molecule has 174 valence electrons. The third-order valence-corrected chi connectivity index (χ3v) is 10.1. The van der Waals surface area contributed by atoms with Crippen molar-refractivity contribution >= 4 is 11.9 Å². The fourth-order valence-electron chi connectivity index (χ4n) is 8.57. The maximum atomic E-state index is 12.2. The van der Waals surface area contributed by atoms with Crippen molar-refractivity contribution in [3.8, 4) is 6.07 Å². The van der Waals surface area contributed by atoms with Gasteiger partial charge in [0.05, 0.1) is 22.7 Å². The number of carbonyl (C=O) groups is 2. The van der Waals surface area contributed by atoms with Gasteiger partial charge in [0.2, 0.25) is 0 Å². The van der Waals surface area contributed by atoms with E-state index in [9.17, 15) is 25.1 Å². The minimum absolute atomic E-state index is 0.0506. The Bertz CT molecular complexity index is 911. The van der Waals surface area contributed by atoms with E-state index < -0.39 is 22.0 Å². The number of nitriles is 1. The normalized spacial score (nSPS) is 51.7. The molecular weight excluding hydrogens is 410 g/mol. The van der Waals surface area contributed by atoms with Gasteiger partial charge in [-0.3, -0.25) is 4.79 Å². The van der Waals surface area contributed by atoms with Gasteiger partial charge in [-0.15, -0.1) is 0 Å². The topological polar surface area (TPSA) is 117 Å². The molecule has 2 N–H and O–H groups in total. The fraction of sp³-hybridized carbons (Fsp3) is 0.800. The molecule has 4 aliphatic carbocycles. The summed E-state index contributed by atoms with van der Waals surface area (Å²) in [4.78, 5) is 23.2. The molecule has 0 aromatic heterocycles. The molecule has 0 spiro atoms. The summed E-state index contributed by atoms with van der Waals surface area (Å²) in [5.74, 6) is -0.827. The van der Waals surface area contributed by atoms with Gasteiger partial charge in [-0.25, -0.2) is 4.79 Å². The molecule has 0 amide bonds. The number of fused-ring (bicyclic) bond motifs is 5. The lowest BCUT2D eigenvalue weighted by molar-refractivity contribution is -0.247. The van der Waals surface area contributed by atoms with Crippen LogP contribution in [0.25, 0.3) is 0 Å². The molecule has 5 rings (SSSR count). The van der Waals surface area contributed by atoms with Gasteiger partial charge in [0.1, 0.15) is 12.2 Å². The van der Waals surface area contributed by atoms with Crippen LogP contribution in [0.4, 0.5) is 0 Å². The Morgan fingerprint density at radius 2 is 1.84 bits per heavy atom. The quantitative estimate of drug-likeness (QED) is 0.630. The number of esters is 2. The van der Waals surface area contributed by atoms with Gasteiger partial charge in [-0.2, -0.15) is 5.26 Å². The Morgan fingerprint density at radius 3 is 2.50 bits per heavy atom. The largest absolute Gasteiger partial charge is 0.462 e. The zero-order valence-electron chi connectivity index (χ0n) is 18.9. The lowest BCUT2D eigenvalue weighted by atomic mass is 9.41. The van der Waals surface area contributed by atoms with Crippen molar-refractivity contribution in [2.45, 2.75) is 95.0 Å². The smallest absolute Gasteiger partial charge is 0.331 e. The van der Waals surface area contributed by atoms with Gasteiger partial charge in [0.15, 0.2) is 0 Å². The van der Waals surface area contributed by atoms with Crippen molar-refractivity contribution in [1.82, 2.24) is 0 Å². The van der Waals surface area contributed by atoms with Crippen molar-refractivity contribution in [2.75, 3.05) is 0 Å². The maximum Gasteiger partial charge on any atom is 0.331 e. The fourth-order valence-corrected chi connectivity index (χ4v) is 8.57. The van der Waals surface area contributed by atoms with E-state index in [-0.39, 0.29) is 48.3 Å². The monoisotopic (exact) mass is 443 g/mol. The predicted molar refractivity (Wildman–Crippen MR) is 113 cm³/mol. The number of rotatable bonds is 2. The van der Waals surface area contributed by atoms with Crippen LogP contribution >= 0.6 is 0 Å². The molecule has 7 heteroatoms. The molecule has 0 bridgehead atoms. The summed E-state index contributed by atoms with van der Waals surface area (Å²) in [6.45, 7) is 3.50. The summed E-state index contributed by atoms with van der Waals surface area (Å²) in [5, 5.41) is 34.4. The van der Waals surface area contributed by atoms with Gasteiger partial charge in [-0.05, 0) is 69.3 Å². The molecule has 0 saturated heterocycles. The summed E-state index contributed by atoms with van der Waals surface area (Å²) in [6, 6.07) is 2.53. The van der Waals surface area contributed by atoms with E-state index in [1.54, 1.807) is 0 Å². The van der Waals surface area contributed by atoms with E-state index in [0.29, 0.717) is 32.1 Å². The molecule has 9 atom stereocenters. The summed E-state index contributed by atoms with van der Waals surface area (Å²) >= 11 is 0. The van der Waals surface area contributed by atoms with Gasteiger partial charge in [0.25, 0.3) is 0 Å². The Labute approximate surface area is 188 Å². The van der Waals surface area contributed by atoms with E-state index >= 15 is 0 Å². The third kappa shape index (κ3) is 2.72. The van der Waals surface area contributed by atoms with Crippen LogP contribution in [0.2, 0.25) is 0 Å². The van der Waals surface area contributed by atoms with Crippen LogP contribution in [-0.4, -0.2) is 45.6 Å². The van der Waals surface area contributed by atoms with E-state index in [1.165, 1.54) is 13.0 Å². The summed E-state index contributed by atoms with van der Waals surface area (Å²) < 4.78 is 10.9. The first kappa shape index (κ1) is 21.9. The zero-order valence-corrected chi connectivity index (χ0v) is 18.9.